The fourth-order valence-corrected chi connectivity index (χ4v) is 1.53. The zero-order valence-electron chi connectivity index (χ0n) is 8.87. The molecule has 0 saturated carbocycles. The van der Waals surface area contributed by atoms with Crippen molar-refractivity contribution in [3.8, 4) is 0 Å². The summed E-state index contributed by atoms with van der Waals surface area (Å²) >= 11 is 0. The summed E-state index contributed by atoms with van der Waals surface area (Å²) in [6, 6.07) is 3.91. The second-order valence-corrected chi connectivity index (χ2v) is 4.10. The summed E-state index contributed by atoms with van der Waals surface area (Å²) in [4.78, 5) is 15.0. The van der Waals surface area contributed by atoms with Crippen LogP contribution in [0.2, 0.25) is 0 Å². The van der Waals surface area contributed by atoms with E-state index in [0.717, 1.165) is 12.0 Å². The third kappa shape index (κ3) is 3.56. The van der Waals surface area contributed by atoms with E-state index in [4.69, 9.17) is 0 Å². The first-order chi connectivity index (χ1) is 6.49. The number of rotatable bonds is 3. The highest BCUT2D eigenvalue weighted by atomic mass is 16.1. The van der Waals surface area contributed by atoms with Crippen molar-refractivity contribution in [2.75, 3.05) is 0 Å². The Labute approximate surface area is 84.6 Å². The average molecular weight is 192 g/mol. The van der Waals surface area contributed by atoms with Gasteiger partial charge in [-0.1, -0.05) is 6.07 Å². The number of hydrogen-bond acceptors (Lipinski definition) is 2. The number of aromatic nitrogens is 1. The van der Waals surface area contributed by atoms with Crippen molar-refractivity contribution in [3.63, 3.8) is 0 Å². The minimum Gasteiger partial charge on any atom is -0.351 e. The summed E-state index contributed by atoms with van der Waals surface area (Å²) in [6.45, 7) is 5.54. The number of nitrogens with zero attached hydrogens (tertiary/aromatic N) is 1. The second kappa shape index (κ2) is 4.22. The predicted octanol–water partition coefficient (Wildman–Crippen LogP) is 1.54. The summed E-state index contributed by atoms with van der Waals surface area (Å²) in [7, 11) is 0. The lowest BCUT2D eigenvalue weighted by Crippen LogP contribution is -2.43. The number of pyridine rings is 1. The summed E-state index contributed by atoms with van der Waals surface area (Å²) < 4.78 is 0. The molecule has 0 aliphatic heterocycles. The molecule has 1 N–H and O–H groups in total. The van der Waals surface area contributed by atoms with Crippen molar-refractivity contribution < 1.29 is 4.79 Å². The van der Waals surface area contributed by atoms with Gasteiger partial charge in [0.05, 0.1) is 0 Å². The van der Waals surface area contributed by atoms with Gasteiger partial charge in [-0.3, -0.25) is 9.78 Å². The molecular weight excluding hydrogens is 176 g/mol. The molecule has 1 heterocycles. The highest BCUT2D eigenvalue weighted by Crippen LogP contribution is 2.11. The van der Waals surface area contributed by atoms with Crippen LogP contribution in [-0.4, -0.2) is 16.4 Å². The maximum Gasteiger partial charge on any atom is 0.217 e. The average Bonchev–Trinajstić information content (AvgIpc) is 2.02. The molecule has 0 fully saturated rings. The lowest BCUT2D eigenvalue weighted by atomic mass is 9.96. The van der Waals surface area contributed by atoms with Crippen molar-refractivity contribution in [1.82, 2.24) is 10.3 Å². The zero-order chi connectivity index (χ0) is 10.6. The van der Waals surface area contributed by atoms with Crippen molar-refractivity contribution in [2.24, 2.45) is 0 Å². The molecule has 76 valence electrons. The Morgan fingerprint density at radius 1 is 1.57 bits per heavy atom. The molecule has 0 radical (unpaired) electrons. The molecule has 0 atom stereocenters. The van der Waals surface area contributed by atoms with Gasteiger partial charge in [-0.2, -0.15) is 0 Å². The maximum absolute atomic E-state index is 10.9. The van der Waals surface area contributed by atoms with E-state index in [1.165, 1.54) is 6.92 Å². The molecular formula is C11H16N2O. The van der Waals surface area contributed by atoms with Crippen LogP contribution in [0.25, 0.3) is 0 Å². The van der Waals surface area contributed by atoms with Crippen molar-refractivity contribution in [1.29, 1.82) is 0 Å². The van der Waals surface area contributed by atoms with Crippen LogP contribution in [-0.2, 0) is 11.2 Å². The number of carbonyl (C=O) groups excluding carboxylic acids is 1. The summed E-state index contributed by atoms with van der Waals surface area (Å²) in [5.41, 5.74) is 0.917. The van der Waals surface area contributed by atoms with Gasteiger partial charge in [0.1, 0.15) is 0 Å². The Morgan fingerprint density at radius 2 is 2.29 bits per heavy atom. The third-order valence-electron chi connectivity index (χ3n) is 1.88. The molecule has 0 unspecified atom stereocenters. The molecule has 0 aliphatic carbocycles. The zero-order valence-corrected chi connectivity index (χ0v) is 8.87. The molecule has 0 spiro atoms. The molecule has 1 aromatic rings. The molecule has 3 nitrogen and oxygen atoms in total. The van der Waals surface area contributed by atoms with Crippen LogP contribution in [0.1, 0.15) is 26.3 Å². The van der Waals surface area contributed by atoms with E-state index in [1.807, 2.05) is 32.2 Å². The van der Waals surface area contributed by atoms with Crippen LogP contribution in [0.3, 0.4) is 0 Å². The monoisotopic (exact) mass is 192 g/mol. The van der Waals surface area contributed by atoms with E-state index in [1.54, 1.807) is 6.20 Å². The van der Waals surface area contributed by atoms with Gasteiger partial charge in [0.2, 0.25) is 5.91 Å². The summed E-state index contributed by atoms with van der Waals surface area (Å²) in [6.07, 6.45) is 4.36. The first-order valence-electron chi connectivity index (χ1n) is 4.67. The van der Waals surface area contributed by atoms with Crippen molar-refractivity contribution >= 4 is 5.91 Å². The predicted molar refractivity (Wildman–Crippen MR) is 55.8 cm³/mol. The van der Waals surface area contributed by atoms with Gasteiger partial charge in [0.15, 0.2) is 0 Å². The van der Waals surface area contributed by atoms with E-state index < -0.39 is 0 Å². The first kappa shape index (κ1) is 10.7. The van der Waals surface area contributed by atoms with Gasteiger partial charge in [-0.05, 0) is 31.9 Å². The third-order valence-corrected chi connectivity index (χ3v) is 1.88. The Morgan fingerprint density at radius 3 is 2.79 bits per heavy atom. The van der Waals surface area contributed by atoms with Gasteiger partial charge in [-0.25, -0.2) is 0 Å². The topological polar surface area (TPSA) is 42.0 Å². The highest BCUT2D eigenvalue weighted by molar-refractivity contribution is 5.73. The van der Waals surface area contributed by atoms with Gasteiger partial charge in [-0.15, -0.1) is 0 Å². The molecule has 0 aromatic carbocycles. The Hall–Kier alpha value is -1.38. The van der Waals surface area contributed by atoms with Crippen LogP contribution in [0, 0.1) is 0 Å². The SMILES string of the molecule is CC(=O)NC(C)(C)Cc1cccnc1. The van der Waals surface area contributed by atoms with Crippen LogP contribution >= 0.6 is 0 Å². The molecule has 1 amide bonds. The van der Waals surface area contributed by atoms with Gasteiger partial charge >= 0.3 is 0 Å². The fraction of sp³-hybridized carbons (Fsp3) is 0.455. The molecule has 0 saturated heterocycles. The minimum absolute atomic E-state index is 0.00103. The Balaban J connectivity index is 2.63. The van der Waals surface area contributed by atoms with Crippen LogP contribution in [0.4, 0.5) is 0 Å². The van der Waals surface area contributed by atoms with Crippen LogP contribution < -0.4 is 5.32 Å². The number of nitrogens with one attached hydrogen (secondary N) is 1. The fourth-order valence-electron chi connectivity index (χ4n) is 1.53. The van der Waals surface area contributed by atoms with E-state index in [0.29, 0.717) is 0 Å². The van der Waals surface area contributed by atoms with Gasteiger partial charge in [0, 0.05) is 24.9 Å². The summed E-state index contributed by atoms with van der Waals surface area (Å²) in [5.74, 6) is -0.00103. The Bertz CT molecular complexity index is 306. The van der Waals surface area contributed by atoms with E-state index in [-0.39, 0.29) is 11.4 Å². The molecule has 14 heavy (non-hydrogen) atoms. The van der Waals surface area contributed by atoms with Gasteiger partial charge < -0.3 is 5.32 Å². The van der Waals surface area contributed by atoms with Gasteiger partial charge in [0.25, 0.3) is 0 Å². The lowest BCUT2D eigenvalue weighted by molar-refractivity contribution is -0.120. The largest absolute Gasteiger partial charge is 0.351 e. The summed E-state index contributed by atoms with van der Waals surface area (Å²) in [5, 5.41) is 2.90. The van der Waals surface area contributed by atoms with E-state index in [9.17, 15) is 4.79 Å². The highest BCUT2D eigenvalue weighted by Gasteiger charge is 2.18. The first-order valence-corrected chi connectivity index (χ1v) is 4.67. The maximum atomic E-state index is 10.9. The normalized spacial score (nSPS) is 11.1. The quantitative estimate of drug-likeness (QED) is 0.789. The van der Waals surface area contributed by atoms with E-state index >= 15 is 0 Å². The smallest absolute Gasteiger partial charge is 0.217 e. The number of hydrogen-bond donors (Lipinski definition) is 1. The van der Waals surface area contributed by atoms with Crippen LogP contribution in [0.5, 0.6) is 0 Å². The number of carbonyl (C=O) groups is 1. The molecule has 1 aromatic heterocycles. The van der Waals surface area contributed by atoms with E-state index in [2.05, 4.69) is 10.3 Å². The minimum atomic E-state index is -0.213. The van der Waals surface area contributed by atoms with Crippen LogP contribution in [0.15, 0.2) is 24.5 Å². The number of amides is 1. The Kier molecular flexibility index (Phi) is 3.23. The lowest BCUT2D eigenvalue weighted by Gasteiger charge is -2.25. The molecule has 0 bridgehead atoms. The molecule has 0 aliphatic rings. The van der Waals surface area contributed by atoms with Crippen molar-refractivity contribution in [2.45, 2.75) is 32.7 Å². The molecule has 3 heteroatoms. The van der Waals surface area contributed by atoms with Crippen molar-refractivity contribution in [3.05, 3.63) is 30.1 Å². The standard InChI is InChI=1S/C11H16N2O/c1-9(14)13-11(2,3)7-10-5-4-6-12-8-10/h4-6,8H,7H2,1-3H3,(H,13,14). The molecule has 1 rings (SSSR count). The second-order valence-electron chi connectivity index (χ2n) is 4.10.